The molecule has 0 saturated carbocycles. The molecular weight excluding hydrogens is 268 g/mol. The number of hydrogen-bond acceptors (Lipinski definition) is 3. The third-order valence-electron chi connectivity index (χ3n) is 2.38. The second-order valence-corrected chi connectivity index (χ2v) is 4.38. The van der Waals surface area contributed by atoms with Crippen LogP contribution in [-0.4, -0.2) is 13.7 Å². The van der Waals surface area contributed by atoms with Gasteiger partial charge in [0.2, 0.25) is 0 Å². The van der Waals surface area contributed by atoms with Crippen molar-refractivity contribution in [3.63, 3.8) is 0 Å². The second-order valence-electron chi connectivity index (χ2n) is 3.46. The van der Waals surface area contributed by atoms with Crippen LogP contribution in [0.15, 0.2) is 22.7 Å². The van der Waals surface area contributed by atoms with Crippen LogP contribution in [0.1, 0.15) is 13.3 Å². The van der Waals surface area contributed by atoms with Crippen LogP contribution in [0.2, 0.25) is 0 Å². The molecule has 1 aromatic rings. The molecule has 0 heterocycles. The summed E-state index contributed by atoms with van der Waals surface area (Å²) in [7, 11) is 1.63. The zero-order valence-corrected chi connectivity index (χ0v) is 11.0. The summed E-state index contributed by atoms with van der Waals surface area (Å²) in [5.74, 6) is 0.819. The first-order valence-corrected chi connectivity index (χ1v) is 5.97. The van der Waals surface area contributed by atoms with E-state index in [1.807, 2.05) is 25.1 Å². The molecule has 16 heavy (non-hydrogen) atoms. The predicted octanol–water partition coefficient (Wildman–Crippen LogP) is 3.42. The van der Waals surface area contributed by atoms with Crippen molar-refractivity contribution in [1.82, 2.24) is 0 Å². The minimum atomic E-state index is 0.0312. The van der Waals surface area contributed by atoms with Crippen molar-refractivity contribution in [1.29, 1.82) is 5.26 Å². The molecule has 0 aliphatic rings. The molecule has 0 amide bonds. The summed E-state index contributed by atoms with van der Waals surface area (Å²) in [6.07, 6.45) is 0.847. The van der Waals surface area contributed by atoms with E-state index in [2.05, 4.69) is 27.3 Å². The van der Waals surface area contributed by atoms with Gasteiger partial charge in [0, 0.05) is 11.0 Å². The lowest BCUT2D eigenvalue weighted by atomic mass is 10.1. The van der Waals surface area contributed by atoms with E-state index >= 15 is 0 Å². The minimum absolute atomic E-state index is 0.0312. The lowest BCUT2D eigenvalue weighted by molar-refractivity contribution is 0.416. The summed E-state index contributed by atoms with van der Waals surface area (Å²) in [6.45, 7) is 2.65. The molecule has 0 spiro atoms. The van der Waals surface area contributed by atoms with Gasteiger partial charge in [-0.15, -0.1) is 0 Å². The number of nitrogens with zero attached hydrogens (tertiary/aromatic N) is 1. The van der Waals surface area contributed by atoms with Crippen LogP contribution in [0, 0.1) is 17.2 Å². The highest BCUT2D eigenvalue weighted by atomic mass is 79.9. The molecule has 3 nitrogen and oxygen atoms in total. The molecule has 0 bridgehead atoms. The predicted molar refractivity (Wildman–Crippen MR) is 68.6 cm³/mol. The Balaban J connectivity index is 2.72. The fraction of sp³-hybridized carbons (Fsp3) is 0.417. The fourth-order valence-corrected chi connectivity index (χ4v) is 1.69. The molecule has 4 heteroatoms. The highest BCUT2D eigenvalue weighted by Gasteiger charge is 2.07. The Kier molecular flexibility index (Phi) is 5.13. The minimum Gasteiger partial charge on any atom is -0.495 e. The molecule has 1 aromatic carbocycles. The molecule has 0 aliphatic heterocycles. The largest absolute Gasteiger partial charge is 0.495 e. The van der Waals surface area contributed by atoms with E-state index in [1.54, 1.807) is 7.11 Å². The molecule has 1 atom stereocenters. The lowest BCUT2D eigenvalue weighted by Crippen LogP contribution is -2.12. The number of nitrogens with one attached hydrogen (secondary N) is 1. The Labute approximate surface area is 105 Å². The third kappa shape index (κ3) is 3.42. The maximum Gasteiger partial charge on any atom is 0.142 e. The molecule has 1 N–H and O–H groups in total. The molecule has 0 aliphatic carbocycles. The zero-order valence-electron chi connectivity index (χ0n) is 9.46. The van der Waals surface area contributed by atoms with Crippen molar-refractivity contribution in [3.05, 3.63) is 22.7 Å². The first-order chi connectivity index (χ1) is 7.71. The topological polar surface area (TPSA) is 45.0 Å². The summed E-state index contributed by atoms with van der Waals surface area (Å²) in [6, 6.07) is 8.02. The number of hydrogen-bond donors (Lipinski definition) is 1. The maximum atomic E-state index is 8.85. The number of benzene rings is 1. The van der Waals surface area contributed by atoms with Gasteiger partial charge in [0.1, 0.15) is 5.75 Å². The molecule has 0 saturated heterocycles. The van der Waals surface area contributed by atoms with Gasteiger partial charge >= 0.3 is 0 Å². The highest BCUT2D eigenvalue weighted by molar-refractivity contribution is 9.10. The number of halogens is 1. The van der Waals surface area contributed by atoms with Crippen molar-refractivity contribution in [2.24, 2.45) is 5.92 Å². The van der Waals surface area contributed by atoms with Crippen molar-refractivity contribution >= 4 is 21.6 Å². The molecule has 1 rings (SSSR count). The Morgan fingerprint density at radius 1 is 1.56 bits per heavy atom. The average molecular weight is 283 g/mol. The van der Waals surface area contributed by atoms with Crippen LogP contribution in [0.4, 0.5) is 5.69 Å². The number of ether oxygens (including phenoxy) is 1. The smallest absolute Gasteiger partial charge is 0.142 e. The van der Waals surface area contributed by atoms with Gasteiger partial charge in [0.05, 0.1) is 24.8 Å². The molecule has 0 aromatic heterocycles. The van der Waals surface area contributed by atoms with E-state index in [9.17, 15) is 0 Å². The third-order valence-corrected chi connectivity index (χ3v) is 2.87. The Hall–Kier alpha value is -1.21. The van der Waals surface area contributed by atoms with Crippen LogP contribution < -0.4 is 10.1 Å². The first-order valence-electron chi connectivity index (χ1n) is 5.18. The summed E-state index contributed by atoms with van der Waals surface area (Å²) in [4.78, 5) is 0. The monoisotopic (exact) mass is 282 g/mol. The molecule has 86 valence electrons. The van der Waals surface area contributed by atoms with Crippen molar-refractivity contribution in [2.45, 2.75) is 13.3 Å². The van der Waals surface area contributed by atoms with Crippen molar-refractivity contribution in [3.8, 4) is 11.8 Å². The van der Waals surface area contributed by atoms with Crippen LogP contribution in [0.5, 0.6) is 5.75 Å². The SMILES string of the molecule is CCC(C#N)CNc1cc(Br)ccc1OC. The van der Waals surface area contributed by atoms with Crippen LogP contribution in [0.3, 0.4) is 0 Å². The number of methoxy groups -OCH3 is 1. The summed E-state index contributed by atoms with van der Waals surface area (Å²) in [5.41, 5.74) is 0.908. The number of nitriles is 1. The summed E-state index contributed by atoms with van der Waals surface area (Å²) < 4.78 is 6.22. The van der Waals surface area contributed by atoms with Gasteiger partial charge in [0.15, 0.2) is 0 Å². The lowest BCUT2D eigenvalue weighted by Gasteiger charge is -2.13. The van der Waals surface area contributed by atoms with Gasteiger partial charge in [-0.1, -0.05) is 22.9 Å². The summed E-state index contributed by atoms with van der Waals surface area (Å²) >= 11 is 3.41. The molecule has 0 fully saturated rings. The summed E-state index contributed by atoms with van der Waals surface area (Å²) in [5, 5.41) is 12.1. The van der Waals surface area contributed by atoms with Crippen molar-refractivity contribution in [2.75, 3.05) is 19.0 Å². The van der Waals surface area contributed by atoms with E-state index in [1.165, 1.54) is 0 Å². The Morgan fingerprint density at radius 3 is 2.88 bits per heavy atom. The van der Waals surface area contributed by atoms with Gasteiger partial charge in [0.25, 0.3) is 0 Å². The van der Waals surface area contributed by atoms with Gasteiger partial charge in [-0.25, -0.2) is 0 Å². The first kappa shape index (κ1) is 12.9. The van der Waals surface area contributed by atoms with Gasteiger partial charge in [-0.05, 0) is 24.6 Å². The molecule has 0 radical (unpaired) electrons. The van der Waals surface area contributed by atoms with E-state index < -0.39 is 0 Å². The Morgan fingerprint density at radius 2 is 2.31 bits per heavy atom. The van der Waals surface area contributed by atoms with Gasteiger partial charge in [-0.3, -0.25) is 0 Å². The van der Waals surface area contributed by atoms with Crippen LogP contribution in [-0.2, 0) is 0 Å². The number of rotatable bonds is 5. The average Bonchev–Trinajstić information content (AvgIpc) is 2.30. The Bertz CT molecular complexity index is 387. The van der Waals surface area contributed by atoms with E-state index in [0.29, 0.717) is 6.54 Å². The fourth-order valence-electron chi connectivity index (χ4n) is 1.33. The van der Waals surface area contributed by atoms with E-state index in [4.69, 9.17) is 10.00 Å². The standard InChI is InChI=1S/C12H15BrN2O/c1-3-9(7-14)8-15-11-6-10(13)4-5-12(11)16-2/h4-6,9,15H,3,8H2,1-2H3. The quantitative estimate of drug-likeness (QED) is 0.900. The number of anilines is 1. The van der Waals surface area contributed by atoms with Crippen LogP contribution in [0.25, 0.3) is 0 Å². The normalized spacial score (nSPS) is 11.6. The zero-order chi connectivity index (χ0) is 12.0. The van der Waals surface area contributed by atoms with Gasteiger partial charge in [-0.2, -0.15) is 5.26 Å². The van der Waals surface area contributed by atoms with Crippen LogP contribution >= 0.6 is 15.9 Å². The molecular formula is C12H15BrN2O. The second kappa shape index (κ2) is 6.39. The van der Waals surface area contributed by atoms with E-state index in [-0.39, 0.29) is 5.92 Å². The highest BCUT2D eigenvalue weighted by Crippen LogP contribution is 2.28. The van der Waals surface area contributed by atoms with Gasteiger partial charge < -0.3 is 10.1 Å². The maximum absolute atomic E-state index is 8.85. The van der Waals surface area contributed by atoms with Crippen molar-refractivity contribution < 1.29 is 4.74 Å². The van der Waals surface area contributed by atoms with E-state index in [0.717, 1.165) is 22.3 Å². The molecule has 1 unspecified atom stereocenters.